The summed E-state index contributed by atoms with van der Waals surface area (Å²) in [5.41, 5.74) is 0. The molecule has 0 radical (unpaired) electrons. The minimum Gasteiger partial charge on any atom is -0.356 e. The van der Waals surface area contributed by atoms with E-state index in [2.05, 4.69) is 41.7 Å². The Bertz CT molecular complexity index is 485. The predicted molar refractivity (Wildman–Crippen MR) is 146 cm³/mol. The normalized spacial score (nSPS) is 11.8. The van der Waals surface area contributed by atoms with Crippen LogP contribution in [0.3, 0.4) is 0 Å². The van der Waals surface area contributed by atoms with E-state index in [0.29, 0.717) is 13.0 Å². The summed E-state index contributed by atoms with van der Waals surface area (Å²) in [7, 11) is 0. The molecule has 1 atom stereocenters. The number of rotatable bonds is 26. The molecule has 2 amide bonds. The fraction of sp³-hybridized carbons (Fsp3) is 0.857. The van der Waals surface area contributed by atoms with Gasteiger partial charge >= 0.3 is 0 Å². The van der Waals surface area contributed by atoms with Crippen molar-refractivity contribution in [1.82, 2.24) is 21.3 Å². The molecule has 6 nitrogen and oxygen atoms in total. The van der Waals surface area contributed by atoms with Gasteiger partial charge in [-0.05, 0) is 38.8 Å². The van der Waals surface area contributed by atoms with E-state index < -0.39 is 0 Å². The molecule has 0 aromatic carbocycles. The molecule has 0 rings (SSSR count). The average molecular weight is 481 g/mol. The molecule has 0 spiro atoms. The van der Waals surface area contributed by atoms with E-state index in [-0.39, 0.29) is 17.7 Å². The molecule has 4 N–H and O–H groups in total. The quantitative estimate of drug-likeness (QED) is 0.103. The highest BCUT2D eigenvalue weighted by Gasteiger charge is 2.13. The lowest BCUT2D eigenvalue weighted by atomic mass is 9.99. The Labute approximate surface area is 210 Å². The minimum atomic E-state index is -0.0564. The molecule has 6 heteroatoms. The molecule has 0 aliphatic rings. The molecule has 200 valence electrons. The van der Waals surface area contributed by atoms with Crippen LogP contribution in [-0.2, 0) is 9.59 Å². The summed E-state index contributed by atoms with van der Waals surface area (Å²) >= 11 is 0. The largest absolute Gasteiger partial charge is 0.356 e. The second kappa shape index (κ2) is 26.2. The number of hydrogen-bond acceptors (Lipinski definition) is 4. The van der Waals surface area contributed by atoms with Gasteiger partial charge in [0.2, 0.25) is 11.8 Å². The maximum absolute atomic E-state index is 12.3. The summed E-state index contributed by atoms with van der Waals surface area (Å²) in [6.07, 6.45) is 18.6. The molecule has 0 aliphatic carbocycles. The third kappa shape index (κ3) is 22.4. The van der Waals surface area contributed by atoms with Crippen LogP contribution in [0.15, 0.2) is 12.7 Å². The zero-order valence-electron chi connectivity index (χ0n) is 22.5. The molecule has 0 aromatic heterocycles. The zero-order chi connectivity index (χ0) is 25.1. The molecule has 34 heavy (non-hydrogen) atoms. The second-order valence-corrected chi connectivity index (χ2v) is 9.41. The van der Waals surface area contributed by atoms with Crippen LogP contribution in [0.4, 0.5) is 0 Å². The SMILES string of the molecule is C=CC(CCCCCCC)C(=O)NCCCNCCNCCCNC(=O)CCCCCCCC. The minimum absolute atomic E-state index is 0.0564. The molecule has 0 aliphatic heterocycles. The fourth-order valence-electron chi connectivity index (χ4n) is 3.90. The van der Waals surface area contributed by atoms with Crippen molar-refractivity contribution in [2.24, 2.45) is 5.92 Å². The smallest absolute Gasteiger partial charge is 0.226 e. The Morgan fingerprint density at radius 3 is 1.76 bits per heavy atom. The Kier molecular flexibility index (Phi) is 25.1. The summed E-state index contributed by atoms with van der Waals surface area (Å²) < 4.78 is 0. The van der Waals surface area contributed by atoms with E-state index >= 15 is 0 Å². The van der Waals surface area contributed by atoms with E-state index in [4.69, 9.17) is 0 Å². The first-order chi connectivity index (χ1) is 16.7. The number of carbonyl (C=O) groups excluding carboxylic acids is 2. The number of amides is 2. The van der Waals surface area contributed by atoms with E-state index in [9.17, 15) is 9.59 Å². The van der Waals surface area contributed by atoms with Crippen molar-refractivity contribution in [1.29, 1.82) is 0 Å². The van der Waals surface area contributed by atoms with E-state index in [0.717, 1.165) is 64.8 Å². The van der Waals surface area contributed by atoms with Crippen molar-refractivity contribution in [3.8, 4) is 0 Å². The molecule has 0 saturated heterocycles. The first-order valence-electron chi connectivity index (χ1n) is 14.2. The number of hydrogen-bond donors (Lipinski definition) is 4. The molecular formula is C28H56N4O2. The van der Waals surface area contributed by atoms with Crippen LogP contribution < -0.4 is 21.3 Å². The van der Waals surface area contributed by atoms with E-state index in [1.54, 1.807) is 6.08 Å². The molecule has 0 saturated carbocycles. The van der Waals surface area contributed by atoms with Crippen molar-refractivity contribution in [3.63, 3.8) is 0 Å². The third-order valence-electron chi connectivity index (χ3n) is 6.16. The van der Waals surface area contributed by atoms with Gasteiger partial charge in [0.05, 0.1) is 5.92 Å². The highest BCUT2D eigenvalue weighted by atomic mass is 16.2. The predicted octanol–water partition coefficient (Wildman–Crippen LogP) is 5.09. The maximum atomic E-state index is 12.3. The van der Waals surface area contributed by atoms with Crippen molar-refractivity contribution in [2.75, 3.05) is 39.3 Å². The first-order valence-corrected chi connectivity index (χ1v) is 14.2. The summed E-state index contributed by atoms with van der Waals surface area (Å²) in [4.78, 5) is 24.1. The highest BCUT2D eigenvalue weighted by Crippen LogP contribution is 2.13. The lowest BCUT2D eigenvalue weighted by molar-refractivity contribution is -0.124. The van der Waals surface area contributed by atoms with Crippen molar-refractivity contribution in [3.05, 3.63) is 12.7 Å². The number of nitrogens with one attached hydrogen (secondary N) is 4. The van der Waals surface area contributed by atoms with E-state index in [1.807, 2.05) is 0 Å². The van der Waals surface area contributed by atoms with Gasteiger partial charge in [0, 0.05) is 32.6 Å². The highest BCUT2D eigenvalue weighted by molar-refractivity contribution is 5.80. The van der Waals surface area contributed by atoms with Crippen molar-refractivity contribution >= 4 is 11.8 Å². The second-order valence-electron chi connectivity index (χ2n) is 9.41. The molecule has 1 unspecified atom stereocenters. The van der Waals surface area contributed by atoms with Crippen LogP contribution in [0.25, 0.3) is 0 Å². The fourth-order valence-corrected chi connectivity index (χ4v) is 3.90. The third-order valence-corrected chi connectivity index (χ3v) is 6.16. The molecule has 0 heterocycles. The molecule has 0 fully saturated rings. The van der Waals surface area contributed by atoms with Gasteiger partial charge in [0.1, 0.15) is 0 Å². The van der Waals surface area contributed by atoms with Crippen LogP contribution in [0, 0.1) is 5.92 Å². The Balaban J connectivity index is 3.41. The van der Waals surface area contributed by atoms with Crippen molar-refractivity contribution < 1.29 is 9.59 Å². The Hall–Kier alpha value is -1.40. The average Bonchev–Trinajstić information content (AvgIpc) is 2.84. The van der Waals surface area contributed by atoms with Crippen LogP contribution in [0.5, 0.6) is 0 Å². The summed E-state index contributed by atoms with van der Waals surface area (Å²) in [5, 5.41) is 12.9. The van der Waals surface area contributed by atoms with Gasteiger partial charge in [0.25, 0.3) is 0 Å². The Morgan fingerprint density at radius 1 is 0.647 bits per heavy atom. The van der Waals surface area contributed by atoms with Gasteiger partial charge in [-0.25, -0.2) is 0 Å². The van der Waals surface area contributed by atoms with Crippen LogP contribution in [0.2, 0.25) is 0 Å². The van der Waals surface area contributed by atoms with Gasteiger partial charge in [-0.1, -0.05) is 84.1 Å². The van der Waals surface area contributed by atoms with Gasteiger partial charge in [-0.3, -0.25) is 9.59 Å². The Morgan fingerprint density at radius 2 is 1.18 bits per heavy atom. The first kappa shape index (κ1) is 32.6. The lowest BCUT2D eigenvalue weighted by Gasteiger charge is -2.13. The lowest BCUT2D eigenvalue weighted by Crippen LogP contribution is -2.34. The standard InChI is InChI=1S/C28H56N4O2/c1-4-7-9-11-13-15-19-27(33)31-22-16-20-29-24-25-30-21-17-23-32-28(34)26(6-3)18-14-12-10-8-5-2/h6,26,29-30H,3-5,7-25H2,1-2H3,(H,31,33)(H,32,34). The van der Waals surface area contributed by atoms with Gasteiger partial charge in [-0.15, -0.1) is 6.58 Å². The van der Waals surface area contributed by atoms with Gasteiger partial charge < -0.3 is 21.3 Å². The summed E-state index contributed by atoms with van der Waals surface area (Å²) in [5.74, 6) is 0.251. The molecule has 0 aromatic rings. The molecule has 0 bridgehead atoms. The summed E-state index contributed by atoms with van der Waals surface area (Å²) in [6.45, 7) is 13.4. The van der Waals surface area contributed by atoms with Crippen LogP contribution in [-0.4, -0.2) is 51.1 Å². The van der Waals surface area contributed by atoms with Crippen LogP contribution in [0.1, 0.15) is 110 Å². The number of unbranched alkanes of at least 4 members (excludes halogenated alkanes) is 9. The van der Waals surface area contributed by atoms with Crippen molar-refractivity contribution in [2.45, 2.75) is 110 Å². The summed E-state index contributed by atoms with van der Waals surface area (Å²) in [6, 6.07) is 0. The topological polar surface area (TPSA) is 82.3 Å². The van der Waals surface area contributed by atoms with Gasteiger partial charge in [0.15, 0.2) is 0 Å². The van der Waals surface area contributed by atoms with E-state index in [1.165, 1.54) is 57.8 Å². The maximum Gasteiger partial charge on any atom is 0.226 e. The monoisotopic (exact) mass is 480 g/mol. The number of carbonyl (C=O) groups is 2. The van der Waals surface area contributed by atoms with Gasteiger partial charge in [-0.2, -0.15) is 0 Å². The molecular weight excluding hydrogens is 424 g/mol. The zero-order valence-corrected chi connectivity index (χ0v) is 22.5. The van der Waals surface area contributed by atoms with Crippen LogP contribution >= 0.6 is 0 Å².